The predicted octanol–water partition coefficient (Wildman–Crippen LogP) is 3.06. The average molecular weight is 415 g/mol. The first-order chi connectivity index (χ1) is 13.7. The molecule has 3 aromatic rings. The van der Waals surface area contributed by atoms with Crippen LogP contribution in [0.5, 0.6) is 0 Å². The fourth-order valence-corrected chi connectivity index (χ4v) is 4.20. The number of hydrazone groups is 1. The highest BCUT2D eigenvalue weighted by Gasteiger charge is 2.41. The number of nitrogens with one attached hydrogen (secondary N) is 1. The monoisotopic (exact) mass is 414 g/mol. The van der Waals surface area contributed by atoms with Crippen LogP contribution in [0.15, 0.2) is 51.4 Å². The first-order valence-electron chi connectivity index (χ1n) is 8.69. The number of carbonyl (C=O) groups excluding carboxylic acids is 1. The second-order valence-corrected chi connectivity index (χ2v) is 7.92. The molecule has 1 amide bonds. The first kappa shape index (κ1) is 17.4. The highest BCUT2D eigenvalue weighted by Crippen LogP contribution is 2.32. The molecule has 2 aliphatic rings. The molecular weight excluding hydrogens is 400 g/mol. The highest BCUT2D eigenvalue weighted by molar-refractivity contribution is 7.10. The van der Waals surface area contributed by atoms with E-state index in [2.05, 4.69) is 26.7 Å². The zero-order chi connectivity index (χ0) is 19.1. The molecule has 0 aliphatic carbocycles. The average Bonchev–Trinajstić information content (AvgIpc) is 3.45. The summed E-state index contributed by atoms with van der Waals surface area (Å²) in [6, 6.07) is 11.0. The first-order valence-corrected chi connectivity index (χ1v) is 9.95. The molecule has 0 spiro atoms. The van der Waals surface area contributed by atoms with E-state index in [0.29, 0.717) is 23.2 Å². The van der Waals surface area contributed by atoms with E-state index in [1.165, 1.54) is 9.89 Å². The molecule has 28 heavy (non-hydrogen) atoms. The molecular formula is C18H15ClN6O2S. The van der Waals surface area contributed by atoms with Crippen molar-refractivity contribution < 1.29 is 9.32 Å². The molecule has 10 heteroatoms. The molecule has 142 valence electrons. The summed E-state index contributed by atoms with van der Waals surface area (Å²) in [5, 5.41) is 14.0. The summed E-state index contributed by atoms with van der Waals surface area (Å²) >= 11 is 7.58. The highest BCUT2D eigenvalue weighted by atomic mass is 35.5. The molecule has 1 aromatic carbocycles. The lowest BCUT2D eigenvalue weighted by Crippen LogP contribution is -2.50. The maximum Gasteiger partial charge on any atom is 0.267 e. The Hall–Kier alpha value is -2.75. The van der Waals surface area contributed by atoms with Crippen LogP contribution in [0.25, 0.3) is 11.4 Å². The molecule has 2 aromatic heterocycles. The fraction of sp³-hybridized carbons (Fsp3) is 0.222. The van der Waals surface area contributed by atoms with Crippen LogP contribution >= 0.6 is 22.9 Å². The number of aromatic nitrogens is 2. The van der Waals surface area contributed by atoms with E-state index in [0.717, 1.165) is 5.56 Å². The van der Waals surface area contributed by atoms with Crippen LogP contribution in [0.3, 0.4) is 0 Å². The number of benzene rings is 1. The van der Waals surface area contributed by atoms with Gasteiger partial charge in [0.1, 0.15) is 18.9 Å². The van der Waals surface area contributed by atoms with Gasteiger partial charge < -0.3 is 4.52 Å². The third kappa shape index (κ3) is 3.17. The summed E-state index contributed by atoms with van der Waals surface area (Å²) in [7, 11) is 0. The van der Waals surface area contributed by atoms with Crippen LogP contribution in [0.2, 0.25) is 5.02 Å². The van der Waals surface area contributed by atoms with Gasteiger partial charge >= 0.3 is 0 Å². The van der Waals surface area contributed by atoms with Gasteiger partial charge in [-0.15, -0.1) is 11.3 Å². The summed E-state index contributed by atoms with van der Waals surface area (Å²) in [5.41, 5.74) is 4.11. The van der Waals surface area contributed by atoms with Gasteiger partial charge in [0.25, 0.3) is 5.91 Å². The lowest BCUT2D eigenvalue weighted by molar-refractivity contribution is -0.137. The van der Waals surface area contributed by atoms with E-state index in [9.17, 15) is 4.79 Å². The quantitative estimate of drug-likeness (QED) is 0.706. The smallest absolute Gasteiger partial charge is 0.267 e. The standard InChI is InChI=1S/C18H15ClN6O2S/c19-12-5-3-11(4-6-12)17-21-16(27-23-17)9-24-18(26)14-8-13(15-2-1-7-28-15)22-25(14)10-20-24/h1-7,10,13-14,22H,8-9H2. The van der Waals surface area contributed by atoms with E-state index in [4.69, 9.17) is 16.1 Å². The van der Waals surface area contributed by atoms with Crippen molar-refractivity contribution in [3.05, 3.63) is 57.6 Å². The Morgan fingerprint density at radius 2 is 2.14 bits per heavy atom. The van der Waals surface area contributed by atoms with Crippen molar-refractivity contribution in [1.29, 1.82) is 0 Å². The minimum atomic E-state index is -0.303. The molecule has 1 fully saturated rings. The van der Waals surface area contributed by atoms with Crippen LogP contribution < -0.4 is 5.43 Å². The van der Waals surface area contributed by atoms with Crippen LogP contribution in [-0.2, 0) is 11.3 Å². The minimum absolute atomic E-state index is 0.0969. The Labute approximate surface area is 169 Å². The van der Waals surface area contributed by atoms with E-state index in [1.807, 2.05) is 23.6 Å². The largest absolute Gasteiger partial charge is 0.337 e. The Morgan fingerprint density at radius 3 is 2.93 bits per heavy atom. The normalized spacial score (nSPS) is 21.4. The van der Waals surface area contributed by atoms with Crippen molar-refractivity contribution in [3.63, 3.8) is 0 Å². The van der Waals surface area contributed by atoms with Gasteiger partial charge in [-0.2, -0.15) is 10.1 Å². The molecule has 8 nitrogen and oxygen atoms in total. The summed E-state index contributed by atoms with van der Waals surface area (Å²) in [6.45, 7) is 0.129. The number of carbonyl (C=O) groups is 1. The minimum Gasteiger partial charge on any atom is -0.337 e. The zero-order valence-corrected chi connectivity index (χ0v) is 16.1. The molecule has 2 atom stereocenters. The van der Waals surface area contributed by atoms with Gasteiger partial charge in [-0.25, -0.2) is 10.4 Å². The number of hydrogen-bond donors (Lipinski definition) is 1. The zero-order valence-electron chi connectivity index (χ0n) is 14.5. The van der Waals surface area contributed by atoms with Crippen molar-refractivity contribution in [2.45, 2.75) is 25.0 Å². The number of hydrogen-bond acceptors (Lipinski definition) is 8. The number of hydrazine groups is 1. The van der Waals surface area contributed by atoms with E-state index in [-0.39, 0.29) is 24.5 Å². The van der Waals surface area contributed by atoms with E-state index >= 15 is 0 Å². The lowest BCUT2D eigenvalue weighted by Gasteiger charge is -2.29. The number of rotatable bonds is 4. The van der Waals surface area contributed by atoms with Gasteiger partial charge in [-0.1, -0.05) is 22.8 Å². The number of amides is 1. The summed E-state index contributed by atoms with van der Waals surface area (Å²) in [4.78, 5) is 18.4. The maximum atomic E-state index is 12.9. The molecule has 2 unspecified atom stereocenters. The van der Waals surface area contributed by atoms with Crippen LogP contribution in [0.4, 0.5) is 0 Å². The number of halogens is 1. The second-order valence-electron chi connectivity index (χ2n) is 6.50. The van der Waals surface area contributed by atoms with Crippen molar-refractivity contribution >= 4 is 35.2 Å². The predicted molar refractivity (Wildman–Crippen MR) is 104 cm³/mol. The molecule has 0 bridgehead atoms. The third-order valence-corrected chi connectivity index (χ3v) is 5.93. The van der Waals surface area contributed by atoms with Crippen molar-refractivity contribution in [3.8, 4) is 11.4 Å². The van der Waals surface area contributed by atoms with Crippen LogP contribution in [-0.4, -0.2) is 38.4 Å². The molecule has 1 N–H and O–H groups in total. The maximum absolute atomic E-state index is 12.9. The number of thiophene rings is 1. The summed E-state index contributed by atoms with van der Waals surface area (Å²) in [5.74, 6) is 0.673. The molecule has 5 rings (SSSR count). The Kier molecular flexibility index (Phi) is 4.34. The molecule has 2 aliphatic heterocycles. The van der Waals surface area contributed by atoms with Gasteiger partial charge in [-0.3, -0.25) is 9.80 Å². The SMILES string of the molecule is O=C1C2CC(c3cccs3)NN2C=NN1Cc1nc(-c2ccc(Cl)cc2)no1. The second kappa shape index (κ2) is 7.01. The topological polar surface area (TPSA) is 86.9 Å². The van der Waals surface area contributed by atoms with Crippen LogP contribution in [0.1, 0.15) is 23.2 Å². The number of fused-ring (bicyclic) bond motifs is 1. The van der Waals surface area contributed by atoms with Gasteiger partial charge in [0.2, 0.25) is 11.7 Å². The van der Waals surface area contributed by atoms with Gasteiger partial charge in [0.15, 0.2) is 0 Å². The van der Waals surface area contributed by atoms with Gasteiger partial charge in [-0.05, 0) is 35.7 Å². The van der Waals surface area contributed by atoms with E-state index in [1.54, 1.807) is 34.8 Å². The van der Waals surface area contributed by atoms with Gasteiger partial charge in [0.05, 0.1) is 6.04 Å². The summed E-state index contributed by atoms with van der Waals surface area (Å²) in [6.07, 6.45) is 2.32. The lowest BCUT2D eigenvalue weighted by atomic mass is 10.1. The third-order valence-electron chi connectivity index (χ3n) is 4.70. The number of nitrogens with zero attached hydrogens (tertiary/aromatic N) is 5. The van der Waals surface area contributed by atoms with Gasteiger partial charge in [0, 0.05) is 21.9 Å². The molecule has 0 radical (unpaired) electrons. The molecule has 1 saturated heterocycles. The fourth-order valence-electron chi connectivity index (χ4n) is 3.29. The van der Waals surface area contributed by atoms with E-state index < -0.39 is 0 Å². The van der Waals surface area contributed by atoms with Crippen molar-refractivity contribution in [2.24, 2.45) is 5.10 Å². The Balaban J connectivity index is 1.29. The van der Waals surface area contributed by atoms with Crippen LogP contribution in [0, 0.1) is 0 Å². The van der Waals surface area contributed by atoms with Crippen molar-refractivity contribution in [1.82, 2.24) is 25.6 Å². The summed E-state index contributed by atoms with van der Waals surface area (Å²) < 4.78 is 5.30. The molecule has 0 saturated carbocycles. The molecule has 4 heterocycles. The van der Waals surface area contributed by atoms with Crippen molar-refractivity contribution in [2.75, 3.05) is 0 Å². The Bertz CT molecular complexity index is 1020. The Morgan fingerprint density at radius 1 is 1.29 bits per heavy atom.